The summed E-state index contributed by atoms with van der Waals surface area (Å²) >= 11 is 1.68. The summed E-state index contributed by atoms with van der Waals surface area (Å²) in [5, 5.41) is 0. The fraction of sp³-hybridized carbons (Fsp3) is 0.182. The van der Waals surface area contributed by atoms with Gasteiger partial charge in [-0.1, -0.05) is 18.2 Å². The molecule has 13 heavy (non-hydrogen) atoms. The van der Waals surface area contributed by atoms with Crippen LogP contribution >= 0.6 is 11.8 Å². The molecule has 0 radical (unpaired) electrons. The highest BCUT2D eigenvalue weighted by atomic mass is 32.2. The number of Topliss-reactive ketones (excluding diaryl/α,β-unsaturated/α-hetero) is 1. The average Bonchev–Trinajstić information content (AvgIpc) is 2.15. The van der Waals surface area contributed by atoms with Crippen molar-refractivity contribution in [1.29, 1.82) is 0 Å². The molecule has 0 saturated carbocycles. The van der Waals surface area contributed by atoms with Crippen LogP contribution < -0.4 is 0 Å². The lowest BCUT2D eigenvalue weighted by Crippen LogP contribution is -1.90. The maximum Gasteiger partial charge on any atom is 0.159 e. The Bertz CT molecular complexity index is 318. The van der Waals surface area contributed by atoms with E-state index in [4.69, 9.17) is 0 Å². The van der Waals surface area contributed by atoms with E-state index >= 15 is 0 Å². The average molecular weight is 192 g/mol. The van der Waals surface area contributed by atoms with Crippen LogP contribution in [0.15, 0.2) is 41.8 Å². The fourth-order valence-electron chi connectivity index (χ4n) is 0.960. The molecule has 0 aliphatic heterocycles. The monoisotopic (exact) mass is 192 g/mol. The summed E-state index contributed by atoms with van der Waals surface area (Å²) in [4.78, 5) is 12.2. The third kappa shape index (κ3) is 3.07. The zero-order valence-corrected chi connectivity index (χ0v) is 8.43. The number of thioether (sulfide) groups is 1. The molecule has 1 aromatic rings. The summed E-state index contributed by atoms with van der Waals surface area (Å²) in [6.45, 7) is 5.23. The zero-order valence-electron chi connectivity index (χ0n) is 7.62. The van der Waals surface area contributed by atoms with Gasteiger partial charge in [0, 0.05) is 16.2 Å². The molecule has 1 aromatic carbocycles. The van der Waals surface area contributed by atoms with Gasteiger partial charge in [-0.25, -0.2) is 0 Å². The Morgan fingerprint density at radius 3 is 3.00 bits per heavy atom. The van der Waals surface area contributed by atoms with Gasteiger partial charge in [0.1, 0.15) is 0 Å². The minimum Gasteiger partial charge on any atom is -0.295 e. The molecule has 0 spiro atoms. The summed E-state index contributed by atoms with van der Waals surface area (Å²) in [6.07, 6.45) is 1.85. The van der Waals surface area contributed by atoms with Gasteiger partial charge in [0.25, 0.3) is 0 Å². The van der Waals surface area contributed by atoms with Gasteiger partial charge in [-0.2, -0.15) is 0 Å². The summed E-state index contributed by atoms with van der Waals surface area (Å²) in [5.41, 5.74) is 0.772. The van der Waals surface area contributed by atoms with E-state index in [9.17, 15) is 4.79 Å². The smallest absolute Gasteiger partial charge is 0.159 e. The van der Waals surface area contributed by atoms with Gasteiger partial charge in [-0.3, -0.25) is 4.79 Å². The van der Waals surface area contributed by atoms with Crippen molar-refractivity contribution in [3.63, 3.8) is 0 Å². The SMILES string of the molecule is C=CCSc1cccc(C(C)=O)c1. The molecule has 0 N–H and O–H groups in total. The van der Waals surface area contributed by atoms with Gasteiger partial charge in [0.15, 0.2) is 5.78 Å². The number of carbonyl (C=O) groups is 1. The minimum absolute atomic E-state index is 0.112. The Kier molecular flexibility index (Phi) is 3.77. The van der Waals surface area contributed by atoms with E-state index in [0.717, 1.165) is 16.2 Å². The molecular formula is C11H12OS. The number of carbonyl (C=O) groups excluding carboxylic acids is 1. The number of hydrogen-bond donors (Lipinski definition) is 0. The van der Waals surface area contributed by atoms with Gasteiger partial charge < -0.3 is 0 Å². The lowest BCUT2D eigenvalue weighted by atomic mass is 10.2. The standard InChI is InChI=1S/C11H12OS/c1-3-7-13-11-6-4-5-10(8-11)9(2)12/h3-6,8H,1,7H2,2H3. The highest BCUT2D eigenvalue weighted by Crippen LogP contribution is 2.19. The summed E-state index contributed by atoms with van der Waals surface area (Å²) < 4.78 is 0. The molecule has 0 aliphatic carbocycles. The maximum absolute atomic E-state index is 11.0. The Balaban J connectivity index is 2.79. The van der Waals surface area contributed by atoms with Crippen molar-refractivity contribution in [3.05, 3.63) is 42.5 Å². The molecular weight excluding hydrogens is 180 g/mol. The molecule has 0 bridgehead atoms. The first-order valence-electron chi connectivity index (χ1n) is 4.08. The van der Waals surface area contributed by atoms with Crippen LogP contribution in [0.25, 0.3) is 0 Å². The van der Waals surface area contributed by atoms with E-state index in [2.05, 4.69) is 6.58 Å². The van der Waals surface area contributed by atoms with Crippen molar-refractivity contribution in [2.45, 2.75) is 11.8 Å². The van der Waals surface area contributed by atoms with Crippen LogP contribution in [0.4, 0.5) is 0 Å². The zero-order chi connectivity index (χ0) is 9.68. The molecule has 0 amide bonds. The maximum atomic E-state index is 11.0. The topological polar surface area (TPSA) is 17.1 Å². The van der Waals surface area contributed by atoms with Gasteiger partial charge >= 0.3 is 0 Å². The quantitative estimate of drug-likeness (QED) is 0.414. The molecule has 0 heterocycles. The molecule has 0 aromatic heterocycles. The Labute approximate surface area is 82.9 Å². The first-order chi connectivity index (χ1) is 6.24. The molecule has 0 aliphatic rings. The molecule has 0 fully saturated rings. The highest BCUT2D eigenvalue weighted by molar-refractivity contribution is 7.99. The van der Waals surface area contributed by atoms with Crippen LogP contribution in [-0.2, 0) is 0 Å². The molecule has 0 unspecified atom stereocenters. The van der Waals surface area contributed by atoms with E-state index in [1.165, 1.54) is 0 Å². The van der Waals surface area contributed by atoms with Crippen LogP contribution in [0, 0.1) is 0 Å². The predicted octanol–water partition coefficient (Wildman–Crippen LogP) is 3.17. The van der Waals surface area contributed by atoms with Crippen molar-refractivity contribution in [2.75, 3.05) is 5.75 Å². The molecule has 0 saturated heterocycles. The van der Waals surface area contributed by atoms with Crippen LogP contribution in [0.1, 0.15) is 17.3 Å². The number of benzene rings is 1. The normalized spacial score (nSPS) is 9.62. The van der Waals surface area contributed by atoms with Gasteiger partial charge in [-0.05, 0) is 19.1 Å². The van der Waals surface area contributed by atoms with Crippen LogP contribution in [0.5, 0.6) is 0 Å². The lowest BCUT2D eigenvalue weighted by Gasteiger charge is -2.00. The van der Waals surface area contributed by atoms with Gasteiger partial charge in [-0.15, -0.1) is 18.3 Å². The fourth-order valence-corrected chi connectivity index (χ4v) is 1.66. The van der Waals surface area contributed by atoms with Crippen molar-refractivity contribution >= 4 is 17.5 Å². The second-order valence-corrected chi connectivity index (χ2v) is 3.78. The van der Waals surface area contributed by atoms with E-state index in [0.29, 0.717) is 0 Å². The van der Waals surface area contributed by atoms with Crippen molar-refractivity contribution in [2.24, 2.45) is 0 Å². The van der Waals surface area contributed by atoms with E-state index in [-0.39, 0.29) is 5.78 Å². The first-order valence-corrected chi connectivity index (χ1v) is 5.07. The van der Waals surface area contributed by atoms with Crippen molar-refractivity contribution in [3.8, 4) is 0 Å². The van der Waals surface area contributed by atoms with Gasteiger partial charge in [0.05, 0.1) is 0 Å². The minimum atomic E-state index is 0.112. The van der Waals surface area contributed by atoms with Crippen LogP contribution in [-0.4, -0.2) is 11.5 Å². The number of hydrogen-bond acceptors (Lipinski definition) is 2. The van der Waals surface area contributed by atoms with E-state index in [1.807, 2.05) is 30.3 Å². The Hall–Kier alpha value is -1.02. The first kappa shape index (κ1) is 10.1. The second kappa shape index (κ2) is 4.87. The number of rotatable bonds is 4. The third-order valence-electron chi connectivity index (χ3n) is 1.61. The third-order valence-corrected chi connectivity index (χ3v) is 2.60. The van der Waals surface area contributed by atoms with Crippen molar-refractivity contribution in [1.82, 2.24) is 0 Å². The largest absolute Gasteiger partial charge is 0.295 e. The summed E-state index contributed by atoms with van der Waals surface area (Å²) in [6, 6.07) is 7.65. The molecule has 2 heteroatoms. The molecule has 1 nitrogen and oxygen atoms in total. The second-order valence-electron chi connectivity index (χ2n) is 2.68. The summed E-state index contributed by atoms with van der Waals surface area (Å²) in [7, 11) is 0. The van der Waals surface area contributed by atoms with E-state index in [1.54, 1.807) is 18.7 Å². The number of ketones is 1. The van der Waals surface area contributed by atoms with Gasteiger partial charge in [0.2, 0.25) is 0 Å². The van der Waals surface area contributed by atoms with Crippen LogP contribution in [0.2, 0.25) is 0 Å². The Morgan fingerprint density at radius 2 is 2.38 bits per heavy atom. The van der Waals surface area contributed by atoms with Crippen LogP contribution in [0.3, 0.4) is 0 Å². The Morgan fingerprint density at radius 1 is 1.62 bits per heavy atom. The van der Waals surface area contributed by atoms with Crippen molar-refractivity contribution < 1.29 is 4.79 Å². The molecule has 68 valence electrons. The highest BCUT2D eigenvalue weighted by Gasteiger charge is 1.99. The predicted molar refractivity (Wildman–Crippen MR) is 57.4 cm³/mol. The van der Waals surface area contributed by atoms with E-state index < -0.39 is 0 Å². The summed E-state index contributed by atoms with van der Waals surface area (Å²) in [5.74, 6) is 0.988. The molecule has 1 rings (SSSR count). The lowest BCUT2D eigenvalue weighted by molar-refractivity contribution is 0.101. The molecule has 0 atom stereocenters.